The van der Waals surface area contributed by atoms with Crippen molar-refractivity contribution in [3.8, 4) is 0 Å². The van der Waals surface area contributed by atoms with E-state index in [9.17, 15) is 0 Å². The summed E-state index contributed by atoms with van der Waals surface area (Å²) >= 11 is 0. The lowest BCUT2D eigenvalue weighted by Crippen LogP contribution is -1.43. The van der Waals surface area contributed by atoms with Crippen molar-refractivity contribution in [2.24, 2.45) is 10.2 Å². The van der Waals surface area contributed by atoms with E-state index in [2.05, 4.69) is 10.2 Å². The fourth-order valence-electron chi connectivity index (χ4n) is 0.0500. The third-order valence-electron chi connectivity index (χ3n) is 0.150. The van der Waals surface area contributed by atoms with E-state index in [-0.39, 0.29) is 12.4 Å². The van der Waals surface area contributed by atoms with E-state index in [1.807, 2.05) is 0 Å². The van der Waals surface area contributed by atoms with Crippen molar-refractivity contribution in [1.29, 1.82) is 10.8 Å². The predicted octanol–water partition coefficient (Wildman–Crippen LogP) is 0.829. The van der Waals surface area contributed by atoms with Crippen LogP contribution in [0.4, 0.5) is 0 Å². The molecule has 0 saturated carbocycles. The molecule has 38 valence electrons. The first-order valence-electron chi connectivity index (χ1n) is 1.15. The Balaban J connectivity index is 0. The molecule has 0 amide bonds. The second-order valence-electron chi connectivity index (χ2n) is 0.424. The molecule has 0 unspecified atom stereocenters. The first-order valence-corrected chi connectivity index (χ1v) is 1.15. The lowest BCUT2D eigenvalue weighted by Gasteiger charge is -1.49. The van der Waals surface area contributed by atoms with Gasteiger partial charge < -0.3 is 0 Å². The number of halogens is 1. The summed E-state index contributed by atoms with van der Waals surface area (Å²) in [5.74, 6) is 0. The highest BCUT2D eigenvalue weighted by Gasteiger charge is 1.42. The molecule has 0 radical (unpaired) electrons. The molecule has 7 heavy (non-hydrogen) atoms. The Bertz CT molecular complexity index is 102. The van der Waals surface area contributed by atoms with E-state index in [1.54, 1.807) is 12.0 Å². The molecule has 2 N–H and O–H groups in total. The van der Waals surface area contributed by atoms with Gasteiger partial charge in [-0.05, 0) is 0 Å². The zero-order valence-corrected chi connectivity index (χ0v) is 4.12. The second-order valence-corrected chi connectivity index (χ2v) is 0.424. The Hall–Kier alpha value is -0.950. The summed E-state index contributed by atoms with van der Waals surface area (Å²) in [6.45, 7) is 0. The van der Waals surface area contributed by atoms with Gasteiger partial charge in [-0.2, -0.15) is 0 Å². The molecule has 0 aromatic carbocycles. The quantitative estimate of drug-likeness (QED) is 0.378. The zero-order valence-electron chi connectivity index (χ0n) is 3.30. The summed E-state index contributed by atoms with van der Waals surface area (Å²) in [6.07, 6.45) is 0. The van der Waals surface area contributed by atoms with Crippen LogP contribution in [0.15, 0.2) is 10.2 Å². The lowest BCUT2D eigenvalue weighted by molar-refractivity contribution is 1.25. The van der Waals surface area contributed by atoms with Gasteiger partial charge in [0.15, 0.2) is 0 Å². The molecule has 0 aliphatic carbocycles. The second kappa shape index (κ2) is 8.90. The van der Waals surface area contributed by atoms with E-state index < -0.39 is 0 Å². The standard InChI is InChI=1S/C2H2N4.ClH/c3-1-5-6-2-4;/h3-4H;1H. The smallest absolute Gasteiger partial charge is 0.115 e. The molecule has 0 fully saturated rings. The average molecular weight is 119 g/mol. The highest BCUT2D eigenvalue weighted by atomic mass is 35.5. The molecule has 0 aliphatic rings. The van der Waals surface area contributed by atoms with Gasteiger partial charge in [-0.3, -0.25) is 0 Å². The van der Waals surface area contributed by atoms with Crippen molar-refractivity contribution in [2.45, 2.75) is 0 Å². The van der Waals surface area contributed by atoms with Gasteiger partial charge in [-0.15, -0.1) is 12.4 Å². The van der Waals surface area contributed by atoms with Crippen LogP contribution in [0.25, 0.3) is 0 Å². The fraction of sp³-hybridized carbons (Fsp3) is 0. The van der Waals surface area contributed by atoms with Gasteiger partial charge in [0.2, 0.25) is 0 Å². The third-order valence-corrected chi connectivity index (χ3v) is 0.150. The largest absolute Gasteiger partial charge is 0.240 e. The van der Waals surface area contributed by atoms with Crippen LogP contribution >= 0.6 is 12.4 Å². The Morgan fingerprint density at radius 1 is 1.00 bits per heavy atom. The van der Waals surface area contributed by atoms with Gasteiger partial charge in [-0.25, -0.2) is 10.8 Å². The molecule has 0 aliphatic heterocycles. The van der Waals surface area contributed by atoms with Crippen LogP contribution in [0.1, 0.15) is 0 Å². The average Bonchev–Trinajstić information content (AvgIpc) is 1.61. The number of rotatable bonds is 1. The van der Waals surface area contributed by atoms with Crippen molar-refractivity contribution in [3.05, 3.63) is 0 Å². The van der Waals surface area contributed by atoms with Gasteiger partial charge in [0.25, 0.3) is 0 Å². The lowest BCUT2D eigenvalue weighted by atomic mass is 11.5. The highest BCUT2D eigenvalue weighted by molar-refractivity contribution is 5.85. The Labute approximate surface area is 46.4 Å². The van der Waals surface area contributed by atoms with Gasteiger partial charge in [0, 0.05) is 0 Å². The maximum Gasteiger partial charge on any atom is 0.115 e. The van der Waals surface area contributed by atoms with Gasteiger partial charge in [0.05, 0.1) is 0 Å². The number of hydrogen-bond acceptors (Lipinski definition) is 4. The van der Waals surface area contributed by atoms with Gasteiger partial charge >= 0.3 is 0 Å². The molecule has 0 rings (SSSR count). The summed E-state index contributed by atoms with van der Waals surface area (Å²) in [4.78, 5) is 0. The van der Waals surface area contributed by atoms with Crippen molar-refractivity contribution in [2.75, 3.05) is 0 Å². The molecule has 4 nitrogen and oxygen atoms in total. The summed E-state index contributed by atoms with van der Waals surface area (Å²) < 4.78 is 0. The first-order chi connectivity index (χ1) is 2.91. The van der Waals surface area contributed by atoms with Crippen molar-refractivity contribution >= 4 is 24.4 Å². The van der Waals surface area contributed by atoms with Crippen molar-refractivity contribution in [3.63, 3.8) is 0 Å². The zero-order chi connectivity index (χ0) is 4.83. The van der Waals surface area contributed by atoms with Crippen LogP contribution in [0.2, 0.25) is 0 Å². The molecular formula is C2H3ClN4. The summed E-state index contributed by atoms with van der Waals surface area (Å²) in [7, 11) is 0. The van der Waals surface area contributed by atoms with E-state index in [4.69, 9.17) is 10.8 Å². The Morgan fingerprint density at radius 3 is 1.43 bits per heavy atom. The van der Waals surface area contributed by atoms with E-state index in [0.717, 1.165) is 0 Å². The van der Waals surface area contributed by atoms with Crippen molar-refractivity contribution < 1.29 is 0 Å². The third kappa shape index (κ3) is 11.2. The summed E-state index contributed by atoms with van der Waals surface area (Å²) in [5, 5.41) is 17.8. The number of nitrogens with zero attached hydrogens (tertiary/aromatic N) is 2. The fourth-order valence-corrected chi connectivity index (χ4v) is 0.0500. The monoisotopic (exact) mass is 118 g/mol. The Morgan fingerprint density at radius 2 is 1.29 bits per heavy atom. The Kier molecular flexibility index (Phi) is 12.0. The number of hydrogen-bond donors (Lipinski definition) is 2. The predicted molar refractivity (Wildman–Crippen MR) is 27.6 cm³/mol. The summed E-state index contributed by atoms with van der Waals surface area (Å²) in [6, 6.07) is 3.19. The minimum absolute atomic E-state index is 0. The van der Waals surface area contributed by atoms with Crippen LogP contribution in [0.3, 0.4) is 0 Å². The van der Waals surface area contributed by atoms with Crippen LogP contribution in [-0.4, -0.2) is 12.0 Å². The SMILES string of the molecule is Cl.N=C=NN=C=N. The molecular weight excluding hydrogens is 116 g/mol. The molecule has 0 spiro atoms. The van der Waals surface area contributed by atoms with E-state index >= 15 is 0 Å². The molecule has 0 aromatic rings. The summed E-state index contributed by atoms with van der Waals surface area (Å²) in [5.41, 5.74) is 0. The molecule has 0 heterocycles. The van der Waals surface area contributed by atoms with Gasteiger partial charge in [-0.1, -0.05) is 10.2 Å². The normalized spacial score (nSPS) is 4.00. The van der Waals surface area contributed by atoms with E-state index in [1.165, 1.54) is 0 Å². The maximum atomic E-state index is 6.07. The van der Waals surface area contributed by atoms with Gasteiger partial charge in [0.1, 0.15) is 12.0 Å². The maximum absolute atomic E-state index is 6.07. The van der Waals surface area contributed by atoms with E-state index in [0.29, 0.717) is 0 Å². The topological polar surface area (TPSA) is 72.4 Å². The number of nitrogens with one attached hydrogen (secondary N) is 2. The van der Waals surface area contributed by atoms with Crippen LogP contribution in [0, 0.1) is 10.8 Å². The van der Waals surface area contributed by atoms with Crippen LogP contribution in [0.5, 0.6) is 0 Å². The van der Waals surface area contributed by atoms with Crippen molar-refractivity contribution in [1.82, 2.24) is 0 Å². The molecule has 0 saturated heterocycles. The minimum atomic E-state index is 0. The molecule has 0 aromatic heterocycles. The molecule has 0 atom stereocenters. The molecule has 0 bridgehead atoms. The molecule has 5 heteroatoms. The minimum Gasteiger partial charge on any atom is -0.240 e. The highest BCUT2D eigenvalue weighted by Crippen LogP contribution is 1.53. The first kappa shape index (κ1) is 9.41. The van der Waals surface area contributed by atoms with Crippen LogP contribution < -0.4 is 0 Å². The van der Waals surface area contributed by atoms with Crippen LogP contribution in [-0.2, 0) is 0 Å².